The summed E-state index contributed by atoms with van der Waals surface area (Å²) in [5.74, 6) is 0.0180. The second-order valence-corrected chi connectivity index (χ2v) is 5.66. The molecule has 94 valence electrons. The minimum absolute atomic E-state index is 0.0180. The molecule has 0 aromatic carbocycles. The molecule has 1 aromatic rings. The second kappa shape index (κ2) is 5.23. The Kier molecular flexibility index (Phi) is 3.89. The number of hydrogen-bond donors (Lipinski definition) is 1. The molecule has 1 aliphatic rings. The molecule has 0 atom stereocenters. The highest BCUT2D eigenvalue weighted by molar-refractivity contribution is 9.10. The van der Waals surface area contributed by atoms with Crippen LogP contribution in [-0.2, 0) is 0 Å². The van der Waals surface area contributed by atoms with Crippen molar-refractivity contribution in [2.75, 3.05) is 27.2 Å². The van der Waals surface area contributed by atoms with Crippen molar-refractivity contribution in [3.8, 4) is 0 Å². The Balaban J connectivity index is 1.98. The minimum Gasteiger partial charge on any atom is -0.349 e. The van der Waals surface area contributed by atoms with Crippen LogP contribution in [0.2, 0.25) is 0 Å². The van der Waals surface area contributed by atoms with Crippen LogP contribution in [0.5, 0.6) is 0 Å². The van der Waals surface area contributed by atoms with Gasteiger partial charge in [-0.15, -0.1) is 0 Å². The van der Waals surface area contributed by atoms with Crippen LogP contribution in [0.1, 0.15) is 29.4 Å². The number of halogens is 1. The predicted octanol–water partition coefficient (Wildman–Crippen LogP) is 1.88. The molecule has 1 aromatic heterocycles. The van der Waals surface area contributed by atoms with Crippen molar-refractivity contribution in [1.29, 1.82) is 0 Å². The summed E-state index contributed by atoms with van der Waals surface area (Å²) >= 11 is 3.43. The van der Waals surface area contributed by atoms with Crippen LogP contribution in [0.25, 0.3) is 0 Å². The van der Waals surface area contributed by atoms with Crippen LogP contribution in [0.4, 0.5) is 0 Å². The van der Waals surface area contributed by atoms with Gasteiger partial charge in [0.1, 0.15) is 5.69 Å². The number of carbonyl (C=O) groups is 1. The molecule has 0 aliphatic heterocycles. The predicted molar refractivity (Wildman–Crippen MR) is 71.3 cm³/mol. The van der Waals surface area contributed by atoms with Crippen LogP contribution < -0.4 is 5.32 Å². The van der Waals surface area contributed by atoms with Crippen molar-refractivity contribution in [3.05, 3.63) is 22.4 Å². The SMILES string of the molecule is CN(C)CCNC(=O)c1cc(Br)cn1C1CC1. The van der Waals surface area contributed by atoms with Crippen molar-refractivity contribution < 1.29 is 4.79 Å². The Labute approximate surface area is 110 Å². The van der Waals surface area contributed by atoms with E-state index in [2.05, 4.69) is 30.7 Å². The molecular weight excluding hydrogens is 282 g/mol. The van der Waals surface area contributed by atoms with Gasteiger partial charge in [-0.3, -0.25) is 4.79 Å². The highest BCUT2D eigenvalue weighted by Gasteiger charge is 2.27. The normalized spacial score (nSPS) is 15.3. The van der Waals surface area contributed by atoms with Gasteiger partial charge in [0, 0.05) is 29.8 Å². The van der Waals surface area contributed by atoms with E-state index in [1.54, 1.807) is 0 Å². The maximum atomic E-state index is 12.0. The van der Waals surface area contributed by atoms with Gasteiger partial charge in [0.15, 0.2) is 0 Å². The lowest BCUT2D eigenvalue weighted by Gasteiger charge is -2.11. The fourth-order valence-electron chi connectivity index (χ4n) is 1.77. The van der Waals surface area contributed by atoms with Crippen molar-refractivity contribution in [3.63, 3.8) is 0 Å². The number of carbonyl (C=O) groups excluding carboxylic acids is 1. The maximum absolute atomic E-state index is 12.0. The summed E-state index contributed by atoms with van der Waals surface area (Å²) in [6.07, 6.45) is 4.36. The van der Waals surface area contributed by atoms with E-state index < -0.39 is 0 Å². The topological polar surface area (TPSA) is 37.3 Å². The summed E-state index contributed by atoms with van der Waals surface area (Å²) in [6, 6.07) is 2.42. The molecule has 1 heterocycles. The molecule has 0 unspecified atom stereocenters. The Morgan fingerprint density at radius 1 is 1.59 bits per heavy atom. The van der Waals surface area contributed by atoms with E-state index in [9.17, 15) is 4.79 Å². The largest absolute Gasteiger partial charge is 0.349 e. The first-order chi connectivity index (χ1) is 8.08. The third-order valence-corrected chi connectivity index (χ3v) is 3.27. The average Bonchev–Trinajstić information content (AvgIpc) is 3.01. The van der Waals surface area contributed by atoms with Crippen LogP contribution in [0, 0.1) is 0 Å². The van der Waals surface area contributed by atoms with E-state index >= 15 is 0 Å². The monoisotopic (exact) mass is 299 g/mol. The molecule has 0 bridgehead atoms. The van der Waals surface area contributed by atoms with E-state index in [-0.39, 0.29) is 5.91 Å². The molecule has 1 amide bonds. The van der Waals surface area contributed by atoms with Gasteiger partial charge in [0.05, 0.1) is 0 Å². The molecule has 0 radical (unpaired) electrons. The zero-order chi connectivity index (χ0) is 12.4. The van der Waals surface area contributed by atoms with Crippen molar-refractivity contribution in [2.24, 2.45) is 0 Å². The van der Waals surface area contributed by atoms with Gasteiger partial charge in [0.25, 0.3) is 5.91 Å². The number of nitrogens with one attached hydrogen (secondary N) is 1. The van der Waals surface area contributed by atoms with Crippen molar-refractivity contribution in [1.82, 2.24) is 14.8 Å². The number of amides is 1. The summed E-state index contributed by atoms with van der Waals surface area (Å²) in [6.45, 7) is 1.54. The van der Waals surface area contributed by atoms with Crippen LogP contribution >= 0.6 is 15.9 Å². The van der Waals surface area contributed by atoms with E-state index in [1.165, 1.54) is 12.8 Å². The number of nitrogens with zero attached hydrogens (tertiary/aromatic N) is 2. The highest BCUT2D eigenvalue weighted by Crippen LogP contribution is 2.37. The lowest BCUT2D eigenvalue weighted by molar-refractivity contribution is 0.0941. The second-order valence-electron chi connectivity index (χ2n) is 4.74. The number of hydrogen-bond acceptors (Lipinski definition) is 2. The number of aromatic nitrogens is 1. The Morgan fingerprint density at radius 2 is 2.29 bits per heavy atom. The number of likely N-dealkylation sites (N-methyl/N-ethyl adjacent to an activating group) is 1. The molecule has 17 heavy (non-hydrogen) atoms. The molecule has 1 fully saturated rings. The first-order valence-electron chi connectivity index (χ1n) is 5.88. The Bertz CT molecular complexity index is 410. The minimum atomic E-state index is 0.0180. The van der Waals surface area contributed by atoms with E-state index in [4.69, 9.17) is 0 Å². The lowest BCUT2D eigenvalue weighted by Crippen LogP contribution is -2.32. The van der Waals surface area contributed by atoms with Gasteiger partial charge >= 0.3 is 0 Å². The molecule has 5 heteroatoms. The Morgan fingerprint density at radius 3 is 2.88 bits per heavy atom. The van der Waals surface area contributed by atoms with E-state index in [0.29, 0.717) is 12.6 Å². The van der Waals surface area contributed by atoms with E-state index in [1.807, 2.05) is 26.4 Å². The quantitative estimate of drug-likeness (QED) is 0.901. The molecule has 1 saturated carbocycles. The molecule has 2 rings (SSSR count). The van der Waals surface area contributed by atoms with Gasteiger partial charge in [-0.2, -0.15) is 0 Å². The molecule has 1 N–H and O–H groups in total. The van der Waals surface area contributed by atoms with Gasteiger partial charge < -0.3 is 14.8 Å². The van der Waals surface area contributed by atoms with Crippen molar-refractivity contribution in [2.45, 2.75) is 18.9 Å². The first kappa shape index (κ1) is 12.6. The van der Waals surface area contributed by atoms with Crippen LogP contribution in [0.15, 0.2) is 16.7 Å². The summed E-state index contributed by atoms with van der Waals surface area (Å²) < 4.78 is 3.05. The number of rotatable bonds is 5. The summed E-state index contributed by atoms with van der Waals surface area (Å²) in [5, 5.41) is 2.94. The third-order valence-electron chi connectivity index (χ3n) is 2.83. The van der Waals surface area contributed by atoms with Gasteiger partial charge in [0.2, 0.25) is 0 Å². The summed E-state index contributed by atoms with van der Waals surface area (Å²) in [7, 11) is 3.99. The van der Waals surface area contributed by atoms with Crippen molar-refractivity contribution >= 4 is 21.8 Å². The standard InChI is InChI=1S/C12H18BrN3O/c1-15(2)6-5-14-12(17)11-7-9(13)8-16(11)10-3-4-10/h7-8,10H,3-6H2,1-2H3,(H,14,17). The zero-order valence-corrected chi connectivity index (χ0v) is 11.8. The Hall–Kier alpha value is -0.810. The van der Waals surface area contributed by atoms with Gasteiger partial charge in [-0.25, -0.2) is 0 Å². The van der Waals surface area contributed by atoms with Crippen LogP contribution in [0.3, 0.4) is 0 Å². The van der Waals surface area contributed by atoms with E-state index in [0.717, 1.165) is 16.7 Å². The maximum Gasteiger partial charge on any atom is 0.268 e. The smallest absolute Gasteiger partial charge is 0.268 e. The molecule has 0 saturated heterocycles. The lowest BCUT2D eigenvalue weighted by atomic mass is 10.4. The van der Waals surface area contributed by atoms with Crippen LogP contribution in [-0.4, -0.2) is 42.6 Å². The summed E-state index contributed by atoms with van der Waals surface area (Å²) in [4.78, 5) is 14.1. The first-order valence-corrected chi connectivity index (χ1v) is 6.67. The molecule has 0 spiro atoms. The third kappa shape index (κ3) is 3.33. The zero-order valence-electron chi connectivity index (χ0n) is 10.2. The summed E-state index contributed by atoms with van der Waals surface area (Å²) in [5.41, 5.74) is 0.762. The highest BCUT2D eigenvalue weighted by atomic mass is 79.9. The molecule has 4 nitrogen and oxygen atoms in total. The fraction of sp³-hybridized carbons (Fsp3) is 0.583. The average molecular weight is 300 g/mol. The molecule has 1 aliphatic carbocycles. The van der Waals surface area contributed by atoms with Gasteiger partial charge in [-0.1, -0.05) is 0 Å². The van der Waals surface area contributed by atoms with Gasteiger partial charge in [-0.05, 0) is 48.9 Å². The fourth-order valence-corrected chi connectivity index (χ4v) is 2.20. The molecular formula is C12H18BrN3O.